The lowest BCUT2D eigenvalue weighted by atomic mass is 10.2. The van der Waals surface area contributed by atoms with E-state index in [1.807, 2.05) is 0 Å². The maximum absolute atomic E-state index is 11.0. The van der Waals surface area contributed by atoms with Crippen LogP contribution in [0.15, 0.2) is 24.3 Å². The van der Waals surface area contributed by atoms with Gasteiger partial charge in [0.2, 0.25) is 9.84 Å². The highest BCUT2D eigenvalue weighted by Gasteiger charge is 2.18. The molecule has 7 heteroatoms. The Labute approximate surface area is 85.8 Å². The summed E-state index contributed by atoms with van der Waals surface area (Å²) >= 11 is 0. The molecule has 0 saturated carbocycles. The predicted molar refractivity (Wildman–Crippen MR) is 51.3 cm³/mol. The second-order valence-corrected chi connectivity index (χ2v) is 4.44. The highest BCUT2D eigenvalue weighted by Crippen LogP contribution is 2.19. The molecular formula is C8H6N2O4S. The molecule has 0 heterocycles. The summed E-state index contributed by atoms with van der Waals surface area (Å²) in [5.41, 5.74) is -0.277. The van der Waals surface area contributed by atoms with Gasteiger partial charge in [0.1, 0.15) is 0 Å². The number of nitro benzene ring substituents is 1. The smallest absolute Gasteiger partial charge is 0.258 e. The first-order chi connectivity index (χ1) is 6.96. The van der Waals surface area contributed by atoms with Crippen LogP contribution < -0.4 is 0 Å². The fourth-order valence-corrected chi connectivity index (χ4v) is 1.77. The number of nitrogens with zero attached hydrogens (tertiary/aromatic N) is 2. The maximum atomic E-state index is 11.0. The van der Waals surface area contributed by atoms with E-state index < -0.39 is 20.5 Å². The van der Waals surface area contributed by atoms with Crippen molar-refractivity contribution >= 4 is 15.5 Å². The number of rotatable bonds is 3. The molecule has 15 heavy (non-hydrogen) atoms. The summed E-state index contributed by atoms with van der Waals surface area (Å²) in [4.78, 5) is 9.85. The van der Waals surface area contributed by atoms with Gasteiger partial charge in [-0.25, -0.2) is 8.42 Å². The maximum Gasteiger partial charge on any atom is 0.273 e. The van der Waals surface area contributed by atoms with Crippen molar-refractivity contribution in [1.29, 1.82) is 5.26 Å². The van der Waals surface area contributed by atoms with E-state index in [-0.39, 0.29) is 11.3 Å². The van der Waals surface area contributed by atoms with Crippen molar-refractivity contribution in [2.24, 2.45) is 0 Å². The Morgan fingerprint density at radius 3 is 2.53 bits per heavy atom. The van der Waals surface area contributed by atoms with Gasteiger partial charge < -0.3 is 0 Å². The Balaban J connectivity index is 3.17. The highest BCUT2D eigenvalue weighted by molar-refractivity contribution is 7.95. The van der Waals surface area contributed by atoms with E-state index >= 15 is 0 Å². The Kier molecular flexibility index (Phi) is 3.01. The molecular weight excluding hydrogens is 220 g/mol. The normalized spacial score (nSPS) is 10.6. The van der Waals surface area contributed by atoms with Crippen molar-refractivity contribution in [3.8, 4) is 5.40 Å². The third kappa shape index (κ3) is 2.75. The lowest BCUT2D eigenvalue weighted by Crippen LogP contribution is -2.03. The van der Waals surface area contributed by atoms with Gasteiger partial charge in [-0.3, -0.25) is 10.1 Å². The molecule has 0 saturated heterocycles. The first kappa shape index (κ1) is 11.1. The Bertz CT molecular complexity index is 530. The minimum Gasteiger partial charge on any atom is -0.258 e. The topological polar surface area (TPSA) is 101 Å². The van der Waals surface area contributed by atoms with Crippen LogP contribution in [0.5, 0.6) is 0 Å². The molecule has 0 N–H and O–H groups in total. The summed E-state index contributed by atoms with van der Waals surface area (Å²) < 4.78 is 21.9. The molecule has 0 aliphatic carbocycles. The predicted octanol–water partition coefficient (Wildman–Crippen LogP) is 0.991. The SMILES string of the molecule is N#CS(=O)(=O)Cc1ccccc1[N+](=O)[O-]. The van der Waals surface area contributed by atoms with E-state index in [0.29, 0.717) is 0 Å². The number of thiocyanates is 1. The fraction of sp³-hybridized carbons (Fsp3) is 0.125. The van der Waals surface area contributed by atoms with Gasteiger partial charge in [0.25, 0.3) is 5.69 Å². The summed E-state index contributed by atoms with van der Waals surface area (Å²) in [5, 5.41) is 19.9. The monoisotopic (exact) mass is 226 g/mol. The van der Waals surface area contributed by atoms with Crippen molar-refractivity contribution in [2.45, 2.75) is 5.75 Å². The van der Waals surface area contributed by atoms with Crippen LogP contribution in [0.4, 0.5) is 5.69 Å². The van der Waals surface area contributed by atoms with E-state index in [0.717, 1.165) is 5.40 Å². The van der Waals surface area contributed by atoms with Crippen molar-refractivity contribution in [3.05, 3.63) is 39.9 Å². The van der Waals surface area contributed by atoms with E-state index in [1.54, 1.807) is 0 Å². The quantitative estimate of drug-likeness (QED) is 0.331. The number of sulfone groups is 1. The molecule has 0 aliphatic heterocycles. The van der Waals surface area contributed by atoms with Crippen LogP contribution in [0.25, 0.3) is 0 Å². The van der Waals surface area contributed by atoms with Gasteiger partial charge in [0, 0.05) is 11.6 Å². The van der Waals surface area contributed by atoms with Crippen LogP contribution in [0.2, 0.25) is 0 Å². The molecule has 0 unspecified atom stereocenters. The van der Waals surface area contributed by atoms with Crippen LogP contribution in [0.1, 0.15) is 5.56 Å². The van der Waals surface area contributed by atoms with E-state index in [2.05, 4.69) is 0 Å². The summed E-state index contributed by atoms with van der Waals surface area (Å²) in [6.45, 7) is 0. The standard InChI is InChI=1S/C8H6N2O4S/c9-6-15(13,14)5-7-3-1-2-4-8(7)10(11)12/h1-4H,5H2. The third-order valence-electron chi connectivity index (χ3n) is 1.67. The highest BCUT2D eigenvalue weighted by atomic mass is 32.2. The summed E-state index contributed by atoms with van der Waals surface area (Å²) in [6.07, 6.45) is 0. The van der Waals surface area contributed by atoms with Crippen LogP contribution in [0.3, 0.4) is 0 Å². The molecule has 1 aromatic carbocycles. The van der Waals surface area contributed by atoms with E-state index in [1.165, 1.54) is 24.3 Å². The Morgan fingerprint density at radius 1 is 1.40 bits per heavy atom. The second-order valence-electron chi connectivity index (χ2n) is 2.74. The molecule has 78 valence electrons. The summed E-state index contributed by atoms with van der Waals surface area (Å²) in [6, 6.07) is 5.42. The van der Waals surface area contributed by atoms with E-state index in [9.17, 15) is 18.5 Å². The average molecular weight is 226 g/mol. The molecule has 0 atom stereocenters. The zero-order valence-corrected chi connectivity index (χ0v) is 8.27. The largest absolute Gasteiger partial charge is 0.273 e. The number of hydrogen-bond donors (Lipinski definition) is 0. The number of nitro groups is 1. The third-order valence-corrected chi connectivity index (χ3v) is 2.64. The van der Waals surface area contributed by atoms with Gasteiger partial charge in [-0.2, -0.15) is 5.26 Å². The number of nitriles is 1. The molecule has 6 nitrogen and oxygen atoms in total. The first-order valence-corrected chi connectivity index (χ1v) is 5.47. The number of para-hydroxylation sites is 1. The molecule has 0 spiro atoms. The minimum absolute atomic E-state index is 0.0176. The minimum atomic E-state index is -3.93. The zero-order valence-electron chi connectivity index (χ0n) is 7.45. The average Bonchev–Trinajstić information content (AvgIpc) is 2.18. The molecule has 0 fully saturated rings. The second kappa shape index (κ2) is 4.06. The molecule has 0 bridgehead atoms. The van der Waals surface area contributed by atoms with Crippen molar-refractivity contribution < 1.29 is 13.3 Å². The van der Waals surface area contributed by atoms with Gasteiger partial charge in [-0.05, 0) is 0 Å². The number of hydrogen-bond acceptors (Lipinski definition) is 5. The zero-order chi connectivity index (χ0) is 11.5. The molecule has 0 radical (unpaired) electrons. The number of benzene rings is 1. The van der Waals surface area contributed by atoms with Crippen molar-refractivity contribution in [2.75, 3.05) is 0 Å². The van der Waals surface area contributed by atoms with Crippen molar-refractivity contribution in [3.63, 3.8) is 0 Å². The van der Waals surface area contributed by atoms with Gasteiger partial charge >= 0.3 is 0 Å². The van der Waals surface area contributed by atoms with Crippen LogP contribution >= 0.6 is 0 Å². The lowest BCUT2D eigenvalue weighted by molar-refractivity contribution is -0.385. The lowest BCUT2D eigenvalue weighted by Gasteiger charge is -1.98. The fourth-order valence-electron chi connectivity index (χ4n) is 1.05. The Hall–Kier alpha value is -1.94. The molecule has 0 aliphatic rings. The van der Waals surface area contributed by atoms with Gasteiger partial charge in [-0.1, -0.05) is 18.2 Å². The molecule has 0 aromatic heterocycles. The van der Waals surface area contributed by atoms with Crippen LogP contribution in [-0.2, 0) is 15.6 Å². The first-order valence-electron chi connectivity index (χ1n) is 3.82. The van der Waals surface area contributed by atoms with Gasteiger partial charge in [0.05, 0.1) is 10.7 Å². The summed E-state index contributed by atoms with van der Waals surface area (Å²) in [7, 11) is -3.93. The molecule has 1 rings (SSSR count). The molecule has 0 amide bonds. The van der Waals surface area contributed by atoms with Gasteiger partial charge in [0.15, 0.2) is 5.40 Å². The van der Waals surface area contributed by atoms with E-state index in [4.69, 9.17) is 5.26 Å². The van der Waals surface area contributed by atoms with Gasteiger partial charge in [-0.15, -0.1) is 0 Å². The van der Waals surface area contributed by atoms with Crippen molar-refractivity contribution in [1.82, 2.24) is 0 Å². The van der Waals surface area contributed by atoms with Crippen LogP contribution in [0, 0.1) is 20.8 Å². The summed E-state index contributed by atoms with van der Waals surface area (Å²) in [5.74, 6) is -0.638. The Morgan fingerprint density at radius 2 is 2.00 bits per heavy atom. The van der Waals surface area contributed by atoms with Crippen LogP contribution in [-0.4, -0.2) is 13.3 Å². The molecule has 1 aromatic rings.